The van der Waals surface area contributed by atoms with Crippen LogP contribution < -0.4 is 0 Å². The van der Waals surface area contributed by atoms with Crippen molar-refractivity contribution in [3.05, 3.63) is 0 Å². The quantitative estimate of drug-likeness (QED) is 0.511. The molecule has 168 valence electrons. The van der Waals surface area contributed by atoms with Crippen molar-refractivity contribution in [3.8, 4) is 0 Å². The van der Waals surface area contributed by atoms with Gasteiger partial charge in [0, 0.05) is 0 Å². The van der Waals surface area contributed by atoms with Crippen molar-refractivity contribution in [3.63, 3.8) is 0 Å². The van der Waals surface area contributed by atoms with E-state index >= 15 is 0 Å². The fraction of sp³-hybridized carbons (Fsp3) is 1.00. The minimum Gasteiger partial charge on any atom is -0.415 e. The van der Waals surface area contributed by atoms with Gasteiger partial charge in [-0.1, -0.05) is 0 Å². The molecule has 1 N–H and O–H groups in total. The van der Waals surface area contributed by atoms with Gasteiger partial charge < -0.3 is 27.5 Å². The molecule has 0 aliphatic carbocycles. The van der Waals surface area contributed by atoms with Crippen LogP contribution in [0, 0.1) is 0 Å². The van der Waals surface area contributed by atoms with E-state index in [1.54, 1.807) is 0 Å². The zero-order chi connectivity index (χ0) is 22.1. The smallest absolute Gasteiger partial charge is 0.184 e. The summed E-state index contributed by atoms with van der Waals surface area (Å²) in [5.74, 6) is 0. The van der Waals surface area contributed by atoms with Crippen molar-refractivity contribution in [2.24, 2.45) is 0 Å². The van der Waals surface area contributed by atoms with Crippen LogP contribution in [0.4, 0.5) is 0 Å². The molecular formula is C18H44O6Si4. The molecular weight excluding hydrogens is 425 g/mol. The van der Waals surface area contributed by atoms with Crippen molar-refractivity contribution in [2.75, 3.05) is 6.61 Å². The van der Waals surface area contributed by atoms with Gasteiger partial charge in [-0.05, 0) is 78.6 Å². The first-order chi connectivity index (χ1) is 12.3. The van der Waals surface area contributed by atoms with Crippen molar-refractivity contribution in [1.82, 2.24) is 0 Å². The topological polar surface area (TPSA) is 66.4 Å². The van der Waals surface area contributed by atoms with Crippen LogP contribution in [-0.4, -0.2) is 75.7 Å². The van der Waals surface area contributed by atoms with E-state index in [2.05, 4.69) is 78.6 Å². The summed E-state index contributed by atoms with van der Waals surface area (Å²) in [7, 11) is -7.50. The summed E-state index contributed by atoms with van der Waals surface area (Å²) in [6, 6.07) is 0. The van der Waals surface area contributed by atoms with Crippen LogP contribution in [0.25, 0.3) is 0 Å². The molecule has 28 heavy (non-hydrogen) atoms. The van der Waals surface area contributed by atoms with Crippen LogP contribution in [0.1, 0.15) is 0 Å². The number of ether oxygens (including phenoxy) is 1. The average Bonchev–Trinajstić information content (AvgIpc) is 2.39. The van der Waals surface area contributed by atoms with Gasteiger partial charge in [-0.2, -0.15) is 0 Å². The van der Waals surface area contributed by atoms with E-state index in [-0.39, 0.29) is 18.3 Å². The Morgan fingerprint density at radius 2 is 1.00 bits per heavy atom. The van der Waals surface area contributed by atoms with Crippen LogP contribution in [0.15, 0.2) is 0 Å². The third kappa shape index (κ3) is 10.1. The maximum Gasteiger partial charge on any atom is 0.184 e. The number of aliphatic hydroxyl groups is 1. The van der Waals surface area contributed by atoms with Crippen molar-refractivity contribution >= 4 is 33.3 Å². The summed E-state index contributed by atoms with van der Waals surface area (Å²) in [5, 5.41) is 10.8. The van der Waals surface area contributed by atoms with Gasteiger partial charge in [0.15, 0.2) is 39.6 Å². The minimum atomic E-state index is -1.94. The maximum absolute atomic E-state index is 10.8. The van der Waals surface area contributed by atoms with Gasteiger partial charge in [-0.25, -0.2) is 0 Å². The second kappa shape index (κ2) is 9.41. The van der Waals surface area contributed by atoms with Gasteiger partial charge in [-0.15, -0.1) is 0 Å². The van der Waals surface area contributed by atoms with Crippen molar-refractivity contribution in [2.45, 2.75) is 109 Å². The van der Waals surface area contributed by atoms with E-state index in [9.17, 15) is 5.11 Å². The molecule has 1 saturated heterocycles. The van der Waals surface area contributed by atoms with Gasteiger partial charge in [0.25, 0.3) is 0 Å². The molecule has 0 spiro atoms. The summed E-state index contributed by atoms with van der Waals surface area (Å²) < 4.78 is 31.7. The molecule has 0 saturated carbocycles. The van der Waals surface area contributed by atoms with E-state index in [4.69, 9.17) is 22.4 Å². The molecule has 0 amide bonds. The summed E-state index contributed by atoms with van der Waals surface area (Å²) in [5.41, 5.74) is 0. The number of rotatable bonds is 9. The fourth-order valence-corrected chi connectivity index (χ4v) is 6.91. The monoisotopic (exact) mass is 468 g/mol. The van der Waals surface area contributed by atoms with E-state index in [0.29, 0.717) is 6.61 Å². The first-order valence-electron chi connectivity index (χ1n) is 10.3. The minimum absolute atomic E-state index is 0.320. The van der Waals surface area contributed by atoms with Gasteiger partial charge >= 0.3 is 0 Å². The highest BCUT2D eigenvalue weighted by molar-refractivity contribution is 6.71. The molecule has 0 aromatic heterocycles. The molecule has 0 aromatic carbocycles. The van der Waals surface area contributed by atoms with Crippen molar-refractivity contribution in [1.29, 1.82) is 0 Å². The molecule has 0 radical (unpaired) electrons. The van der Waals surface area contributed by atoms with E-state index < -0.39 is 45.7 Å². The summed E-state index contributed by atoms with van der Waals surface area (Å²) in [6.07, 6.45) is -2.67. The first kappa shape index (κ1) is 26.7. The predicted octanol–water partition coefficient (Wildman–Crippen LogP) is 4.22. The molecule has 0 bridgehead atoms. The average molecular weight is 469 g/mol. The molecule has 1 fully saturated rings. The van der Waals surface area contributed by atoms with Crippen LogP contribution in [0.3, 0.4) is 0 Å². The molecule has 10 heteroatoms. The molecule has 1 heterocycles. The SMILES string of the molecule is C[Si](C)(C)OC[C@@H]1OC(O)[C@H](O[Si](C)(C)C)[C@@H](O[Si](C)(C)C)[C@H]1O[Si](C)(C)C. The third-order valence-electron chi connectivity index (χ3n) is 3.76. The Balaban J connectivity index is 3.26. The van der Waals surface area contributed by atoms with Crippen molar-refractivity contribution < 1.29 is 27.5 Å². The Morgan fingerprint density at radius 1 is 0.607 bits per heavy atom. The maximum atomic E-state index is 10.8. The zero-order valence-electron chi connectivity index (χ0n) is 20.1. The number of hydrogen-bond donors (Lipinski definition) is 1. The molecule has 5 atom stereocenters. The molecule has 1 unspecified atom stereocenters. The van der Waals surface area contributed by atoms with E-state index in [1.165, 1.54) is 0 Å². The second-order valence-electron chi connectivity index (χ2n) is 11.6. The molecule has 6 nitrogen and oxygen atoms in total. The fourth-order valence-electron chi connectivity index (χ4n) is 2.99. The number of aliphatic hydroxyl groups excluding tert-OH is 1. The lowest BCUT2D eigenvalue weighted by Crippen LogP contribution is -2.66. The molecule has 1 aliphatic rings. The lowest BCUT2D eigenvalue weighted by molar-refractivity contribution is -0.274. The predicted molar refractivity (Wildman–Crippen MR) is 125 cm³/mol. The highest BCUT2D eigenvalue weighted by atomic mass is 28.4. The lowest BCUT2D eigenvalue weighted by atomic mass is 9.99. The Morgan fingerprint density at radius 3 is 1.39 bits per heavy atom. The van der Waals surface area contributed by atoms with Gasteiger partial charge in [0.1, 0.15) is 24.4 Å². The first-order valence-corrected chi connectivity index (χ1v) is 23.9. The largest absolute Gasteiger partial charge is 0.415 e. The van der Waals surface area contributed by atoms with Crippen LogP contribution >= 0.6 is 0 Å². The van der Waals surface area contributed by atoms with E-state index in [1.807, 2.05) is 0 Å². The summed E-state index contributed by atoms with van der Waals surface area (Å²) in [6.45, 7) is 26.1. The molecule has 1 aliphatic heterocycles. The lowest BCUT2D eigenvalue weighted by Gasteiger charge is -2.49. The normalized spacial score (nSPS) is 30.5. The second-order valence-corrected chi connectivity index (χ2v) is 29.5. The van der Waals surface area contributed by atoms with Gasteiger partial charge in [0.05, 0.1) is 6.61 Å². The molecule has 0 aromatic rings. The Kier molecular flexibility index (Phi) is 8.96. The Bertz CT molecular complexity index is 492. The number of hydrogen-bond acceptors (Lipinski definition) is 6. The highest BCUT2D eigenvalue weighted by Gasteiger charge is 2.51. The highest BCUT2D eigenvalue weighted by Crippen LogP contribution is 2.33. The summed E-state index contributed by atoms with van der Waals surface area (Å²) in [4.78, 5) is 0. The molecule has 1 rings (SSSR count). The van der Waals surface area contributed by atoms with Crippen LogP contribution in [0.2, 0.25) is 78.6 Å². The van der Waals surface area contributed by atoms with Crippen LogP contribution in [-0.2, 0) is 22.4 Å². The van der Waals surface area contributed by atoms with Gasteiger partial charge in [-0.3, -0.25) is 0 Å². The van der Waals surface area contributed by atoms with Gasteiger partial charge in [0.2, 0.25) is 0 Å². The Labute approximate surface area is 176 Å². The third-order valence-corrected chi connectivity index (χ3v) is 7.73. The zero-order valence-corrected chi connectivity index (χ0v) is 24.1. The van der Waals surface area contributed by atoms with Crippen LogP contribution in [0.5, 0.6) is 0 Å². The summed E-state index contributed by atoms with van der Waals surface area (Å²) >= 11 is 0. The van der Waals surface area contributed by atoms with E-state index in [0.717, 1.165) is 0 Å². The Hall–Kier alpha value is 0.628. The standard InChI is InChI=1S/C18H44O6Si4/c1-25(2,3)20-13-14-15(22-26(4,5)6)16(23-27(7,8)9)17(18(19)21-14)24-28(10,11)12/h14-19H,13H2,1-12H3/t14-,15-,16-,17+,18?/m0/s1.